The maximum absolute atomic E-state index is 12.3. The van der Waals surface area contributed by atoms with Crippen LogP contribution in [0.4, 0.5) is 11.4 Å². The fourth-order valence-corrected chi connectivity index (χ4v) is 3.70. The zero-order valence-corrected chi connectivity index (χ0v) is 21.4. The first-order valence-corrected chi connectivity index (χ1v) is 12.5. The van der Waals surface area contributed by atoms with Gasteiger partial charge >= 0.3 is 0 Å². The third-order valence-electron chi connectivity index (χ3n) is 5.83. The number of hydrogen-bond donors (Lipinski definition) is 6. The van der Waals surface area contributed by atoms with Crippen LogP contribution in [0.5, 0.6) is 5.75 Å². The van der Waals surface area contributed by atoms with Crippen LogP contribution in [-0.2, 0) is 18.9 Å². The standard InChI is InChI=1S/C25H34N2O12/c1-2-37-23-17(19(30)21(23)32)27-15-5-3-14(4-6-15)24(34)26-7-8-35-9-10-36-11-12-38-25-22(33)20(31)18(29)16(13-28)39-25/h3-6,16,18,20,22,25,27-29,31,33H,2,7-13H2,1H3,(H,26,34)/t16-,18-,20+,22+,25?/m1/s1. The number of aliphatic hydroxyl groups is 4. The molecule has 0 aliphatic carbocycles. The fourth-order valence-electron chi connectivity index (χ4n) is 3.70. The highest BCUT2D eigenvalue weighted by atomic mass is 16.7. The van der Waals surface area contributed by atoms with Gasteiger partial charge < -0.3 is 54.7 Å². The van der Waals surface area contributed by atoms with E-state index in [-0.39, 0.29) is 63.5 Å². The van der Waals surface area contributed by atoms with E-state index >= 15 is 0 Å². The molecule has 1 aliphatic heterocycles. The summed E-state index contributed by atoms with van der Waals surface area (Å²) in [6.45, 7) is 2.64. The molecule has 3 rings (SSSR count). The topological polar surface area (TPSA) is 202 Å². The largest absolute Gasteiger partial charge is 0.488 e. The number of hydrogen-bond acceptors (Lipinski definition) is 13. The van der Waals surface area contributed by atoms with Gasteiger partial charge in [-0.25, -0.2) is 0 Å². The average molecular weight is 555 g/mol. The molecule has 1 saturated heterocycles. The zero-order valence-electron chi connectivity index (χ0n) is 21.4. The summed E-state index contributed by atoms with van der Waals surface area (Å²) >= 11 is 0. The van der Waals surface area contributed by atoms with Gasteiger partial charge in [0.05, 0.1) is 46.2 Å². The van der Waals surface area contributed by atoms with Crippen molar-refractivity contribution in [3.05, 3.63) is 50.3 Å². The molecule has 0 aromatic heterocycles. The average Bonchev–Trinajstić information content (AvgIpc) is 2.95. The second-order valence-corrected chi connectivity index (χ2v) is 8.55. The molecular weight excluding hydrogens is 520 g/mol. The Morgan fingerprint density at radius 2 is 1.59 bits per heavy atom. The Bertz CT molecular complexity index is 1120. The van der Waals surface area contributed by atoms with Gasteiger partial charge in [-0.1, -0.05) is 0 Å². The van der Waals surface area contributed by atoms with Gasteiger partial charge in [0, 0.05) is 17.8 Å². The molecule has 14 nitrogen and oxygen atoms in total. The molecule has 2 aromatic rings. The third-order valence-corrected chi connectivity index (χ3v) is 5.83. The lowest BCUT2D eigenvalue weighted by atomic mass is 9.99. The highest BCUT2D eigenvalue weighted by Crippen LogP contribution is 2.23. The van der Waals surface area contributed by atoms with E-state index < -0.39 is 48.2 Å². The molecule has 0 spiro atoms. The maximum atomic E-state index is 12.3. The van der Waals surface area contributed by atoms with E-state index in [4.69, 9.17) is 28.8 Å². The van der Waals surface area contributed by atoms with Crippen LogP contribution in [0, 0.1) is 0 Å². The van der Waals surface area contributed by atoms with Crippen LogP contribution in [0.25, 0.3) is 0 Å². The molecule has 2 aromatic carbocycles. The summed E-state index contributed by atoms with van der Waals surface area (Å²) in [6.07, 6.45) is -6.66. The van der Waals surface area contributed by atoms with E-state index in [0.717, 1.165) is 0 Å². The van der Waals surface area contributed by atoms with Crippen molar-refractivity contribution >= 4 is 17.3 Å². The second-order valence-electron chi connectivity index (χ2n) is 8.55. The van der Waals surface area contributed by atoms with E-state index in [0.29, 0.717) is 11.3 Å². The van der Waals surface area contributed by atoms with Gasteiger partial charge in [0.25, 0.3) is 16.8 Å². The summed E-state index contributed by atoms with van der Waals surface area (Å²) in [5.74, 6) is -0.299. The van der Waals surface area contributed by atoms with Crippen LogP contribution < -0.4 is 26.2 Å². The molecule has 1 heterocycles. The molecule has 1 amide bonds. The van der Waals surface area contributed by atoms with Crippen LogP contribution in [0.1, 0.15) is 17.3 Å². The molecule has 0 saturated carbocycles. The normalized spacial score (nSPS) is 23.1. The summed E-state index contributed by atoms with van der Waals surface area (Å²) in [5.41, 5.74) is -0.279. The summed E-state index contributed by atoms with van der Waals surface area (Å²) in [7, 11) is 0. The Morgan fingerprint density at radius 3 is 2.26 bits per heavy atom. The summed E-state index contributed by atoms with van der Waals surface area (Å²) in [6, 6.07) is 6.36. The number of nitrogens with one attached hydrogen (secondary N) is 2. The van der Waals surface area contributed by atoms with Crippen LogP contribution in [0.2, 0.25) is 0 Å². The maximum Gasteiger partial charge on any atom is 0.272 e. The number of anilines is 2. The molecular formula is C25H34N2O12. The van der Waals surface area contributed by atoms with Crippen molar-refractivity contribution in [3.8, 4) is 5.75 Å². The first-order valence-electron chi connectivity index (χ1n) is 12.5. The van der Waals surface area contributed by atoms with Crippen molar-refractivity contribution in [3.63, 3.8) is 0 Å². The first-order chi connectivity index (χ1) is 18.8. The van der Waals surface area contributed by atoms with Crippen LogP contribution in [-0.4, -0.2) is 110 Å². The number of ether oxygens (including phenoxy) is 5. The predicted octanol–water partition coefficient (Wildman–Crippen LogP) is -2.00. The summed E-state index contributed by atoms with van der Waals surface area (Å²) in [4.78, 5) is 35.6. The number of rotatable bonds is 16. The van der Waals surface area contributed by atoms with E-state index in [2.05, 4.69) is 10.6 Å². The molecule has 1 unspecified atom stereocenters. The number of carbonyl (C=O) groups is 1. The van der Waals surface area contributed by atoms with E-state index in [9.17, 15) is 29.7 Å². The Morgan fingerprint density at radius 1 is 0.923 bits per heavy atom. The van der Waals surface area contributed by atoms with Gasteiger partial charge in [-0.15, -0.1) is 0 Å². The van der Waals surface area contributed by atoms with Gasteiger partial charge in [0.1, 0.15) is 30.1 Å². The SMILES string of the molecule is CCOc1c(Nc2ccc(C(=O)NCCOCCOCCOC3O[C@H](CO)[C@@H](O)[C@H](O)[C@@H]3O)cc2)c(=O)c1=O. The minimum Gasteiger partial charge on any atom is -0.488 e. The number of amides is 1. The predicted molar refractivity (Wildman–Crippen MR) is 136 cm³/mol. The monoisotopic (exact) mass is 554 g/mol. The number of carbonyl (C=O) groups excluding carboxylic acids is 1. The van der Waals surface area contributed by atoms with E-state index in [1.165, 1.54) is 0 Å². The molecule has 1 fully saturated rings. The molecule has 1 aliphatic rings. The minimum atomic E-state index is -1.50. The molecule has 6 N–H and O–H groups in total. The molecule has 0 radical (unpaired) electrons. The summed E-state index contributed by atoms with van der Waals surface area (Å²) < 4.78 is 26.4. The second kappa shape index (κ2) is 15.0. The van der Waals surface area contributed by atoms with Crippen LogP contribution in [0.3, 0.4) is 0 Å². The van der Waals surface area contributed by atoms with Gasteiger partial charge in [0.2, 0.25) is 0 Å². The zero-order chi connectivity index (χ0) is 28.4. The third kappa shape index (κ3) is 8.03. The van der Waals surface area contributed by atoms with Gasteiger partial charge in [-0.3, -0.25) is 14.4 Å². The lowest BCUT2D eigenvalue weighted by molar-refractivity contribution is -0.302. The molecule has 5 atom stereocenters. The molecule has 0 bridgehead atoms. The van der Waals surface area contributed by atoms with Crippen molar-refractivity contribution in [2.75, 3.05) is 58.1 Å². The summed E-state index contributed by atoms with van der Waals surface area (Å²) in [5, 5.41) is 44.1. The Kier molecular flexibility index (Phi) is 11.8. The Labute approximate surface area is 223 Å². The molecule has 39 heavy (non-hydrogen) atoms. The minimum absolute atomic E-state index is 0.0103. The lowest BCUT2D eigenvalue weighted by Crippen LogP contribution is -2.59. The smallest absolute Gasteiger partial charge is 0.272 e. The van der Waals surface area contributed by atoms with Gasteiger partial charge in [-0.2, -0.15) is 0 Å². The highest BCUT2D eigenvalue weighted by molar-refractivity contribution is 5.94. The number of benzene rings is 1. The van der Waals surface area contributed by atoms with Crippen molar-refractivity contribution in [2.45, 2.75) is 37.6 Å². The van der Waals surface area contributed by atoms with E-state index in [1.54, 1.807) is 31.2 Å². The van der Waals surface area contributed by atoms with Crippen LogP contribution >= 0.6 is 0 Å². The van der Waals surface area contributed by atoms with Crippen molar-refractivity contribution in [1.29, 1.82) is 0 Å². The fraction of sp³-hybridized carbons (Fsp3) is 0.560. The Balaban J connectivity index is 1.24. The lowest BCUT2D eigenvalue weighted by Gasteiger charge is -2.39. The van der Waals surface area contributed by atoms with Crippen molar-refractivity contribution in [2.24, 2.45) is 0 Å². The number of aliphatic hydroxyl groups excluding tert-OH is 4. The quantitative estimate of drug-likeness (QED) is 0.0984. The molecule has 216 valence electrons. The van der Waals surface area contributed by atoms with Crippen molar-refractivity contribution < 1.29 is 48.9 Å². The van der Waals surface area contributed by atoms with E-state index in [1.807, 2.05) is 0 Å². The van der Waals surface area contributed by atoms with Crippen LogP contribution in [0.15, 0.2) is 33.9 Å². The first kappa shape index (κ1) is 30.6. The van der Waals surface area contributed by atoms with Gasteiger partial charge in [0.15, 0.2) is 12.0 Å². The van der Waals surface area contributed by atoms with Gasteiger partial charge in [-0.05, 0) is 31.2 Å². The highest BCUT2D eigenvalue weighted by Gasteiger charge is 2.43. The van der Waals surface area contributed by atoms with Crippen molar-refractivity contribution in [1.82, 2.24) is 5.32 Å². The molecule has 14 heteroatoms. The Hall–Kier alpha value is -2.95.